The van der Waals surface area contributed by atoms with Crippen molar-refractivity contribution in [1.82, 2.24) is 0 Å². The van der Waals surface area contributed by atoms with Crippen LogP contribution in [0.4, 0.5) is 0 Å². The summed E-state index contributed by atoms with van der Waals surface area (Å²) in [5.74, 6) is 1.45. The molecule has 0 bridgehead atoms. The van der Waals surface area contributed by atoms with Crippen LogP contribution in [0.1, 0.15) is 31.7 Å². The van der Waals surface area contributed by atoms with Crippen molar-refractivity contribution in [2.24, 2.45) is 5.73 Å². The molecular weight excluding hydrogens is 202 g/mol. The van der Waals surface area contributed by atoms with Crippen LogP contribution in [0.25, 0.3) is 0 Å². The summed E-state index contributed by atoms with van der Waals surface area (Å²) in [5, 5.41) is 0. The lowest BCUT2D eigenvalue weighted by Crippen LogP contribution is -2.45. The lowest BCUT2D eigenvalue weighted by atomic mass is 9.91. The highest BCUT2D eigenvalue weighted by Gasteiger charge is 2.47. The van der Waals surface area contributed by atoms with Crippen LogP contribution in [0.2, 0.25) is 0 Å². The zero-order valence-corrected chi connectivity index (χ0v) is 9.53. The van der Waals surface area contributed by atoms with Gasteiger partial charge in [-0.05, 0) is 37.5 Å². The van der Waals surface area contributed by atoms with Crippen LogP contribution in [0, 0.1) is 0 Å². The fourth-order valence-corrected chi connectivity index (χ4v) is 2.31. The Bertz CT molecular complexity index is 410. The largest absolute Gasteiger partial charge is 0.448 e. The van der Waals surface area contributed by atoms with E-state index in [1.807, 2.05) is 13.0 Å². The molecular formula is C13H17NO2. The SMILES string of the molecule is CC(N)Cc1ccc2c(c1)OC1(CCC1)O2. The van der Waals surface area contributed by atoms with Crippen molar-refractivity contribution >= 4 is 0 Å². The van der Waals surface area contributed by atoms with Crippen molar-refractivity contribution in [2.45, 2.75) is 44.4 Å². The molecule has 0 radical (unpaired) electrons. The minimum Gasteiger partial charge on any atom is -0.448 e. The Morgan fingerprint density at radius 1 is 1.31 bits per heavy atom. The van der Waals surface area contributed by atoms with Crippen LogP contribution in [-0.2, 0) is 6.42 Å². The Morgan fingerprint density at radius 2 is 2.06 bits per heavy atom. The van der Waals surface area contributed by atoms with E-state index < -0.39 is 0 Å². The van der Waals surface area contributed by atoms with Crippen LogP contribution in [0.3, 0.4) is 0 Å². The summed E-state index contributed by atoms with van der Waals surface area (Å²) in [4.78, 5) is 0. The molecule has 1 aromatic rings. The number of nitrogens with two attached hydrogens (primary N) is 1. The third-order valence-corrected chi connectivity index (χ3v) is 3.27. The molecule has 3 rings (SSSR count). The topological polar surface area (TPSA) is 44.5 Å². The molecule has 1 aliphatic carbocycles. The molecule has 2 aliphatic rings. The summed E-state index contributed by atoms with van der Waals surface area (Å²) in [6, 6.07) is 6.31. The van der Waals surface area contributed by atoms with Crippen molar-refractivity contribution in [3.63, 3.8) is 0 Å². The summed E-state index contributed by atoms with van der Waals surface area (Å²) in [6.07, 6.45) is 4.08. The molecule has 0 amide bonds. The molecule has 1 spiro atoms. The van der Waals surface area contributed by atoms with Gasteiger partial charge in [0.25, 0.3) is 5.79 Å². The van der Waals surface area contributed by atoms with E-state index in [4.69, 9.17) is 15.2 Å². The average molecular weight is 219 g/mol. The first-order valence-corrected chi connectivity index (χ1v) is 5.93. The molecule has 16 heavy (non-hydrogen) atoms. The molecule has 3 heteroatoms. The van der Waals surface area contributed by atoms with Crippen molar-refractivity contribution in [1.29, 1.82) is 0 Å². The molecule has 1 aromatic carbocycles. The molecule has 1 heterocycles. The van der Waals surface area contributed by atoms with Crippen molar-refractivity contribution < 1.29 is 9.47 Å². The highest BCUT2D eigenvalue weighted by molar-refractivity contribution is 5.46. The maximum Gasteiger partial charge on any atom is 0.251 e. The maximum atomic E-state index is 5.89. The minimum atomic E-state index is -0.324. The van der Waals surface area contributed by atoms with E-state index in [1.165, 1.54) is 12.0 Å². The van der Waals surface area contributed by atoms with Crippen LogP contribution >= 0.6 is 0 Å². The summed E-state index contributed by atoms with van der Waals surface area (Å²) in [6.45, 7) is 2.01. The number of ether oxygens (including phenoxy) is 2. The van der Waals surface area contributed by atoms with Crippen molar-refractivity contribution in [3.05, 3.63) is 23.8 Å². The predicted molar refractivity (Wildman–Crippen MR) is 61.6 cm³/mol. The fourth-order valence-electron chi connectivity index (χ4n) is 2.31. The number of hydrogen-bond donors (Lipinski definition) is 1. The van der Waals surface area contributed by atoms with Crippen molar-refractivity contribution in [2.75, 3.05) is 0 Å². The van der Waals surface area contributed by atoms with E-state index in [0.29, 0.717) is 0 Å². The van der Waals surface area contributed by atoms with Crippen molar-refractivity contribution in [3.8, 4) is 11.5 Å². The summed E-state index contributed by atoms with van der Waals surface area (Å²) >= 11 is 0. The van der Waals surface area contributed by atoms with Gasteiger partial charge in [0.2, 0.25) is 0 Å². The van der Waals surface area contributed by atoms with E-state index in [0.717, 1.165) is 30.8 Å². The summed E-state index contributed by atoms with van der Waals surface area (Å²) in [5.41, 5.74) is 7.00. The molecule has 0 saturated heterocycles. The number of benzene rings is 1. The van der Waals surface area contributed by atoms with E-state index in [2.05, 4.69) is 12.1 Å². The van der Waals surface area contributed by atoms with Gasteiger partial charge in [-0.2, -0.15) is 0 Å². The molecule has 0 aromatic heterocycles. The fraction of sp³-hybridized carbons (Fsp3) is 0.538. The number of fused-ring (bicyclic) bond motifs is 1. The predicted octanol–water partition coefficient (Wildman–Crippen LogP) is 2.23. The van der Waals surface area contributed by atoms with Crippen LogP contribution in [-0.4, -0.2) is 11.8 Å². The molecule has 2 N–H and O–H groups in total. The molecule has 3 nitrogen and oxygen atoms in total. The van der Waals surface area contributed by atoms with Gasteiger partial charge in [-0.25, -0.2) is 0 Å². The number of rotatable bonds is 2. The van der Waals surface area contributed by atoms with E-state index in [1.54, 1.807) is 0 Å². The van der Waals surface area contributed by atoms with Gasteiger partial charge < -0.3 is 15.2 Å². The van der Waals surface area contributed by atoms with Gasteiger partial charge in [-0.1, -0.05) is 6.07 Å². The zero-order valence-electron chi connectivity index (χ0n) is 9.53. The van der Waals surface area contributed by atoms with Gasteiger partial charge in [0.1, 0.15) is 0 Å². The Hall–Kier alpha value is -1.22. The second kappa shape index (κ2) is 3.39. The standard InChI is InChI=1S/C13H17NO2/c1-9(14)7-10-3-4-11-12(8-10)16-13(15-11)5-2-6-13/h3-4,8-9H,2,5-7,14H2,1H3. The molecule has 1 fully saturated rings. The first-order valence-electron chi connectivity index (χ1n) is 5.93. The normalized spacial score (nSPS) is 21.9. The molecule has 1 unspecified atom stereocenters. The molecule has 1 aliphatic heterocycles. The number of hydrogen-bond acceptors (Lipinski definition) is 3. The second-order valence-corrected chi connectivity index (χ2v) is 4.93. The van der Waals surface area contributed by atoms with Gasteiger partial charge in [-0.3, -0.25) is 0 Å². The third kappa shape index (κ3) is 1.55. The average Bonchev–Trinajstić information content (AvgIpc) is 2.54. The van der Waals surface area contributed by atoms with Gasteiger partial charge in [0, 0.05) is 18.9 Å². The van der Waals surface area contributed by atoms with Crippen LogP contribution < -0.4 is 15.2 Å². The van der Waals surface area contributed by atoms with Gasteiger partial charge in [-0.15, -0.1) is 0 Å². The molecule has 1 saturated carbocycles. The van der Waals surface area contributed by atoms with Gasteiger partial charge in [0.15, 0.2) is 11.5 Å². The quantitative estimate of drug-likeness (QED) is 0.829. The highest BCUT2D eigenvalue weighted by atomic mass is 16.7. The maximum absolute atomic E-state index is 5.89. The lowest BCUT2D eigenvalue weighted by Gasteiger charge is -2.35. The Balaban J connectivity index is 1.83. The lowest BCUT2D eigenvalue weighted by molar-refractivity contribution is -0.138. The van der Waals surface area contributed by atoms with Crippen LogP contribution in [0.15, 0.2) is 18.2 Å². The molecule has 86 valence electrons. The Kier molecular flexibility index (Phi) is 2.11. The Morgan fingerprint density at radius 3 is 2.69 bits per heavy atom. The van der Waals surface area contributed by atoms with E-state index in [-0.39, 0.29) is 11.8 Å². The summed E-state index contributed by atoms with van der Waals surface area (Å²) in [7, 11) is 0. The summed E-state index contributed by atoms with van der Waals surface area (Å²) < 4.78 is 11.7. The van der Waals surface area contributed by atoms with E-state index in [9.17, 15) is 0 Å². The first kappa shape index (κ1) is 9.97. The van der Waals surface area contributed by atoms with Crippen LogP contribution in [0.5, 0.6) is 11.5 Å². The Labute approximate surface area is 95.5 Å². The monoisotopic (exact) mass is 219 g/mol. The third-order valence-electron chi connectivity index (χ3n) is 3.27. The van der Waals surface area contributed by atoms with Gasteiger partial charge in [0.05, 0.1) is 0 Å². The highest BCUT2D eigenvalue weighted by Crippen LogP contribution is 2.48. The first-order chi connectivity index (χ1) is 7.67. The smallest absolute Gasteiger partial charge is 0.251 e. The zero-order chi connectivity index (χ0) is 11.2. The second-order valence-electron chi connectivity index (χ2n) is 4.93. The van der Waals surface area contributed by atoms with E-state index >= 15 is 0 Å². The molecule has 1 atom stereocenters. The van der Waals surface area contributed by atoms with Gasteiger partial charge >= 0.3 is 0 Å². The minimum absolute atomic E-state index is 0.179.